The molecule has 2 rings (SSSR count). The van der Waals surface area contributed by atoms with Crippen LogP contribution >= 0.6 is 15.9 Å². The molecule has 0 aliphatic rings. The summed E-state index contributed by atoms with van der Waals surface area (Å²) in [4.78, 5) is 2.15. The van der Waals surface area contributed by atoms with Crippen molar-refractivity contribution < 1.29 is 4.74 Å². The molecular weight excluding hydrogens is 316 g/mol. The lowest BCUT2D eigenvalue weighted by atomic mass is 10.1. The number of rotatable bonds is 5. The van der Waals surface area contributed by atoms with Crippen molar-refractivity contribution in [1.29, 1.82) is 0 Å². The number of anilines is 2. The Bertz CT molecular complexity index is 586. The lowest BCUT2D eigenvalue weighted by molar-refractivity contribution is 0.415. The van der Waals surface area contributed by atoms with E-state index in [1.165, 1.54) is 5.56 Å². The van der Waals surface area contributed by atoms with Gasteiger partial charge in [-0.15, -0.1) is 0 Å². The minimum atomic E-state index is 0.639. The van der Waals surface area contributed by atoms with Crippen LogP contribution in [0.5, 0.6) is 5.75 Å². The second-order valence-electron chi connectivity index (χ2n) is 4.57. The van der Waals surface area contributed by atoms with Crippen molar-refractivity contribution in [2.45, 2.75) is 6.42 Å². The Morgan fingerprint density at radius 3 is 2.70 bits per heavy atom. The molecule has 2 aromatic rings. The van der Waals surface area contributed by atoms with Crippen molar-refractivity contribution in [3.63, 3.8) is 0 Å². The highest BCUT2D eigenvalue weighted by Crippen LogP contribution is 2.31. The topological polar surface area (TPSA) is 38.5 Å². The van der Waals surface area contributed by atoms with Crippen LogP contribution in [-0.4, -0.2) is 20.7 Å². The molecule has 106 valence electrons. The largest absolute Gasteiger partial charge is 0.497 e. The smallest absolute Gasteiger partial charge is 0.120 e. The van der Waals surface area contributed by atoms with E-state index in [0.717, 1.165) is 28.0 Å². The summed E-state index contributed by atoms with van der Waals surface area (Å²) in [7, 11) is 3.73. The average Bonchev–Trinajstić information content (AvgIpc) is 2.48. The number of methoxy groups -OCH3 is 1. The van der Waals surface area contributed by atoms with Crippen molar-refractivity contribution in [3.8, 4) is 5.75 Å². The Labute approximate surface area is 128 Å². The van der Waals surface area contributed by atoms with Crippen molar-refractivity contribution in [2.24, 2.45) is 5.73 Å². The summed E-state index contributed by atoms with van der Waals surface area (Å²) in [6, 6.07) is 14.3. The molecular formula is C16H19BrN2O. The molecule has 20 heavy (non-hydrogen) atoms. The zero-order valence-electron chi connectivity index (χ0n) is 11.8. The number of hydrogen-bond acceptors (Lipinski definition) is 3. The number of nitrogens with two attached hydrogens (primary N) is 1. The number of halogens is 1. The summed E-state index contributed by atoms with van der Waals surface area (Å²) in [6.45, 7) is 0.639. The van der Waals surface area contributed by atoms with Gasteiger partial charge in [-0.3, -0.25) is 0 Å². The zero-order chi connectivity index (χ0) is 14.5. The summed E-state index contributed by atoms with van der Waals surface area (Å²) in [5.74, 6) is 0.852. The van der Waals surface area contributed by atoms with Crippen LogP contribution in [-0.2, 0) is 6.42 Å². The van der Waals surface area contributed by atoms with E-state index in [0.29, 0.717) is 6.54 Å². The van der Waals surface area contributed by atoms with Crippen LogP contribution in [0.25, 0.3) is 0 Å². The molecule has 2 N–H and O–H groups in total. The molecule has 4 heteroatoms. The van der Waals surface area contributed by atoms with Gasteiger partial charge in [-0.2, -0.15) is 0 Å². The normalized spacial score (nSPS) is 10.4. The second-order valence-corrected chi connectivity index (χ2v) is 5.49. The maximum atomic E-state index is 5.70. The van der Waals surface area contributed by atoms with Crippen molar-refractivity contribution >= 4 is 27.3 Å². The Hall–Kier alpha value is -1.52. The minimum Gasteiger partial charge on any atom is -0.497 e. The molecule has 0 saturated carbocycles. The Kier molecular flexibility index (Phi) is 5.04. The molecule has 0 saturated heterocycles. The molecule has 2 aromatic carbocycles. The van der Waals surface area contributed by atoms with Crippen LogP contribution in [0.3, 0.4) is 0 Å². The molecule has 0 unspecified atom stereocenters. The molecule has 0 heterocycles. The number of benzene rings is 2. The molecule has 3 nitrogen and oxygen atoms in total. The highest BCUT2D eigenvalue weighted by atomic mass is 79.9. The summed E-state index contributed by atoms with van der Waals surface area (Å²) in [6.07, 6.45) is 0.858. The molecule has 0 amide bonds. The van der Waals surface area contributed by atoms with Crippen LogP contribution in [0.2, 0.25) is 0 Å². The standard InChI is InChI=1S/C16H19BrN2O/c1-19(14-4-3-5-15(11-14)20-2)16-10-13(17)7-6-12(16)8-9-18/h3-7,10-11H,8-9,18H2,1-2H3. The third-order valence-corrected chi connectivity index (χ3v) is 3.76. The molecule has 0 radical (unpaired) electrons. The fraction of sp³-hybridized carbons (Fsp3) is 0.250. The highest BCUT2D eigenvalue weighted by Gasteiger charge is 2.10. The highest BCUT2D eigenvalue weighted by molar-refractivity contribution is 9.10. The Balaban J connectivity index is 2.40. The predicted molar refractivity (Wildman–Crippen MR) is 88.0 cm³/mol. The fourth-order valence-corrected chi connectivity index (χ4v) is 2.52. The van der Waals surface area contributed by atoms with Crippen LogP contribution in [0.4, 0.5) is 11.4 Å². The molecule has 0 fully saturated rings. The fourth-order valence-electron chi connectivity index (χ4n) is 2.17. The maximum absolute atomic E-state index is 5.70. The van der Waals surface area contributed by atoms with Gasteiger partial charge < -0.3 is 15.4 Å². The molecule has 0 spiro atoms. The van der Waals surface area contributed by atoms with Gasteiger partial charge >= 0.3 is 0 Å². The second kappa shape index (κ2) is 6.77. The number of hydrogen-bond donors (Lipinski definition) is 1. The lowest BCUT2D eigenvalue weighted by Crippen LogP contribution is -2.14. The predicted octanol–water partition coefficient (Wildman–Crippen LogP) is 3.73. The van der Waals surface area contributed by atoms with E-state index in [1.807, 2.05) is 24.3 Å². The van der Waals surface area contributed by atoms with Gasteiger partial charge in [0.2, 0.25) is 0 Å². The minimum absolute atomic E-state index is 0.639. The van der Waals surface area contributed by atoms with Gasteiger partial charge in [-0.25, -0.2) is 0 Å². The van der Waals surface area contributed by atoms with Crippen LogP contribution < -0.4 is 15.4 Å². The lowest BCUT2D eigenvalue weighted by Gasteiger charge is -2.23. The quantitative estimate of drug-likeness (QED) is 0.905. The van der Waals surface area contributed by atoms with E-state index in [-0.39, 0.29) is 0 Å². The zero-order valence-corrected chi connectivity index (χ0v) is 13.4. The van der Waals surface area contributed by atoms with Crippen molar-refractivity contribution in [2.75, 3.05) is 25.6 Å². The third kappa shape index (κ3) is 3.32. The molecule has 0 atom stereocenters. The van der Waals surface area contributed by atoms with Crippen molar-refractivity contribution in [1.82, 2.24) is 0 Å². The van der Waals surface area contributed by atoms with Crippen LogP contribution in [0.1, 0.15) is 5.56 Å². The van der Waals surface area contributed by atoms with E-state index in [1.54, 1.807) is 7.11 Å². The van der Waals surface area contributed by atoms with E-state index in [2.05, 4.69) is 46.1 Å². The Morgan fingerprint density at radius 1 is 1.20 bits per heavy atom. The summed E-state index contributed by atoms with van der Waals surface area (Å²) >= 11 is 3.53. The summed E-state index contributed by atoms with van der Waals surface area (Å²) in [5.41, 5.74) is 9.17. The SMILES string of the molecule is COc1cccc(N(C)c2cc(Br)ccc2CCN)c1. The first-order valence-corrected chi connectivity index (χ1v) is 7.31. The maximum Gasteiger partial charge on any atom is 0.120 e. The van der Waals surface area contributed by atoms with Gasteiger partial charge in [0.05, 0.1) is 7.11 Å². The third-order valence-electron chi connectivity index (χ3n) is 3.26. The monoisotopic (exact) mass is 334 g/mol. The average molecular weight is 335 g/mol. The van der Waals surface area contributed by atoms with Crippen LogP contribution in [0, 0.1) is 0 Å². The van der Waals surface area contributed by atoms with E-state index in [9.17, 15) is 0 Å². The molecule has 0 bridgehead atoms. The van der Waals surface area contributed by atoms with Gasteiger partial charge in [-0.1, -0.05) is 28.1 Å². The van der Waals surface area contributed by atoms with Gasteiger partial charge in [0.1, 0.15) is 5.75 Å². The number of ether oxygens (including phenoxy) is 1. The first-order valence-electron chi connectivity index (χ1n) is 6.52. The first kappa shape index (κ1) is 14.9. The molecule has 0 aromatic heterocycles. The van der Waals surface area contributed by atoms with E-state index in [4.69, 9.17) is 10.5 Å². The van der Waals surface area contributed by atoms with Crippen molar-refractivity contribution in [3.05, 3.63) is 52.5 Å². The van der Waals surface area contributed by atoms with E-state index >= 15 is 0 Å². The number of nitrogens with zero attached hydrogens (tertiary/aromatic N) is 1. The van der Waals surface area contributed by atoms with E-state index < -0.39 is 0 Å². The molecule has 0 aliphatic heterocycles. The summed E-state index contributed by atoms with van der Waals surface area (Å²) in [5, 5.41) is 0. The van der Waals surface area contributed by atoms with Crippen LogP contribution in [0.15, 0.2) is 46.9 Å². The first-order chi connectivity index (χ1) is 9.65. The summed E-state index contributed by atoms with van der Waals surface area (Å²) < 4.78 is 6.34. The Morgan fingerprint density at radius 2 is 2.00 bits per heavy atom. The molecule has 0 aliphatic carbocycles. The van der Waals surface area contributed by atoms with Gasteiger partial charge in [-0.05, 0) is 42.8 Å². The van der Waals surface area contributed by atoms with Gasteiger partial charge in [0.25, 0.3) is 0 Å². The van der Waals surface area contributed by atoms with Gasteiger partial charge in [0, 0.05) is 29.0 Å². The van der Waals surface area contributed by atoms with Gasteiger partial charge in [0.15, 0.2) is 0 Å².